The van der Waals surface area contributed by atoms with Crippen LogP contribution < -0.4 is 10.5 Å². The van der Waals surface area contributed by atoms with Crippen LogP contribution in [0.3, 0.4) is 0 Å². The molecule has 8 nitrogen and oxygen atoms in total. The number of halogens is 1. The number of alkyl halides is 1. The zero-order valence-corrected chi connectivity index (χ0v) is 17.1. The Morgan fingerprint density at radius 3 is 2.87 bits per heavy atom. The lowest BCUT2D eigenvalue weighted by Crippen LogP contribution is -2.22. The van der Waals surface area contributed by atoms with Crippen LogP contribution in [0.2, 0.25) is 0 Å². The van der Waals surface area contributed by atoms with Gasteiger partial charge in [0.05, 0.1) is 10.6 Å². The van der Waals surface area contributed by atoms with Crippen LogP contribution in [0.4, 0.5) is 4.39 Å². The highest BCUT2D eigenvalue weighted by atomic mass is 32.1. The van der Waals surface area contributed by atoms with E-state index in [0.717, 1.165) is 11.3 Å². The number of thiazole rings is 1. The third-order valence-corrected chi connectivity index (χ3v) is 5.77. The number of nitrogens with two attached hydrogens (primary N) is 1. The first-order valence-electron chi connectivity index (χ1n) is 8.90. The van der Waals surface area contributed by atoms with Gasteiger partial charge in [0.15, 0.2) is 16.3 Å². The smallest absolute Gasteiger partial charge is 0.277 e. The normalized spacial score (nSPS) is 19.4. The molecule has 154 valence electrons. The molecule has 0 spiro atoms. The molecule has 3 N–H and O–H groups in total. The summed E-state index contributed by atoms with van der Waals surface area (Å²) in [5.74, 6) is 5.60. The third-order valence-electron chi connectivity index (χ3n) is 4.46. The quantitative estimate of drug-likeness (QED) is 0.601. The molecule has 3 aromatic rings. The van der Waals surface area contributed by atoms with Crippen LogP contribution in [0, 0.1) is 18.8 Å². The molecule has 2 atom stereocenters. The second-order valence-electron chi connectivity index (χ2n) is 7.22. The topological polar surface area (TPSA) is 124 Å². The van der Waals surface area contributed by atoms with Crippen LogP contribution in [0.25, 0.3) is 11.3 Å². The van der Waals surface area contributed by atoms with E-state index in [2.05, 4.69) is 27.0 Å². The highest BCUT2D eigenvalue weighted by molar-refractivity contribution is 7.14. The van der Waals surface area contributed by atoms with Gasteiger partial charge >= 0.3 is 0 Å². The summed E-state index contributed by atoms with van der Waals surface area (Å²) in [5, 5.41) is 14.3. The number of hydrogen-bond donors (Lipinski definition) is 2. The predicted molar refractivity (Wildman–Crippen MR) is 106 cm³/mol. The molecule has 0 radical (unpaired) electrons. The second kappa shape index (κ2) is 6.90. The molecule has 1 unspecified atom stereocenters. The molecule has 4 rings (SSSR count). The van der Waals surface area contributed by atoms with Crippen molar-refractivity contribution in [2.24, 2.45) is 5.73 Å². The number of primary amides is 1. The van der Waals surface area contributed by atoms with E-state index in [1.807, 2.05) is 0 Å². The van der Waals surface area contributed by atoms with Crippen LogP contribution in [0.15, 0.2) is 22.7 Å². The summed E-state index contributed by atoms with van der Waals surface area (Å²) in [6, 6.07) is 4.97. The SMILES string of the molecule is Cc1nc([C@](C)(O)C#Cc2ccc3c(c2)-c2nc(C(N)=O)sc2C(C)(F)CO3)no1. The Morgan fingerprint density at radius 2 is 2.20 bits per heavy atom. The maximum Gasteiger partial charge on any atom is 0.277 e. The van der Waals surface area contributed by atoms with Gasteiger partial charge < -0.3 is 20.1 Å². The van der Waals surface area contributed by atoms with Gasteiger partial charge in [0.2, 0.25) is 11.7 Å². The highest BCUT2D eigenvalue weighted by Gasteiger charge is 2.38. The molecule has 0 aliphatic carbocycles. The zero-order chi connectivity index (χ0) is 21.7. The lowest BCUT2D eigenvalue weighted by molar-refractivity contribution is 0.0999. The van der Waals surface area contributed by atoms with Gasteiger partial charge in [-0.25, -0.2) is 9.37 Å². The molecule has 2 aromatic heterocycles. The number of carbonyl (C=O) groups is 1. The molecular weight excluding hydrogens is 411 g/mol. The lowest BCUT2D eigenvalue weighted by atomic mass is 10.0. The number of hydrogen-bond acceptors (Lipinski definition) is 8. The van der Waals surface area contributed by atoms with Crippen molar-refractivity contribution in [1.29, 1.82) is 0 Å². The Balaban J connectivity index is 1.78. The first-order chi connectivity index (χ1) is 14.1. The fraction of sp³-hybridized carbons (Fsp3) is 0.300. The molecule has 1 aliphatic heterocycles. The largest absolute Gasteiger partial charge is 0.489 e. The van der Waals surface area contributed by atoms with Crippen LogP contribution in [-0.2, 0) is 11.3 Å². The van der Waals surface area contributed by atoms with Gasteiger partial charge in [0.25, 0.3) is 5.91 Å². The van der Waals surface area contributed by atoms with Gasteiger partial charge in [-0.15, -0.1) is 11.3 Å². The van der Waals surface area contributed by atoms with Gasteiger partial charge in [0, 0.05) is 18.1 Å². The van der Waals surface area contributed by atoms with Crippen molar-refractivity contribution in [3.05, 3.63) is 45.4 Å². The van der Waals surface area contributed by atoms with Crippen LogP contribution in [0.5, 0.6) is 5.75 Å². The van der Waals surface area contributed by atoms with Crippen molar-refractivity contribution in [3.8, 4) is 28.8 Å². The summed E-state index contributed by atoms with van der Waals surface area (Å²) in [5.41, 5.74) is 3.15. The Bertz CT molecular complexity index is 1220. The van der Waals surface area contributed by atoms with E-state index in [1.165, 1.54) is 13.8 Å². The summed E-state index contributed by atoms with van der Waals surface area (Å²) in [7, 11) is 0. The van der Waals surface area contributed by atoms with E-state index >= 15 is 4.39 Å². The van der Waals surface area contributed by atoms with E-state index in [9.17, 15) is 9.90 Å². The minimum Gasteiger partial charge on any atom is -0.489 e. The summed E-state index contributed by atoms with van der Waals surface area (Å²) in [6.07, 6.45) is 0. The highest BCUT2D eigenvalue weighted by Crippen LogP contribution is 2.45. The number of benzene rings is 1. The fourth-order valence-corrected chi connectivity index (χ4v) is 3.86. The number of aromatic nitrogens is 3. The van der Waals surface area contributed by atoms with E-state index in [4.69, 9.17) is 15.0 Å². The predicted octanol–water partition coefficient (Wildman–Crippen LogP) is 2.44. The maximum absolute atomic E-state index is 15.2. The monoisotopic (exact) mass is 428 g/mol. The van der Waals surface area contributed by atoms with Gasteiger partial charge in [-0.2, -0.15) is 4.98 Å². The molecule has 0 saturated carbocycles. The lowest BCUT2D eigenvalue weighted by Gasteiger charge is -2.16. The van der Waals surface area contributed by atoms with Gasteiger partial charge in [-0.1, -0.05) is 17.0 Å². The number of aryl methyl sites for hydroxylation is 1. The second-order valence-corrected chi connectivity index (χ2v) is 8.22. The van der Waals surface area contributed by atoms with Crippen molar-refractivity contribution in [1.82, 2.24) is 15.1 Å². The molecular formula is C20H17FN4O4S. The van der Waals surface area contributed by atoms with Crippen LogP contribution in [0.1, 0.15) is 45.8 Å². The van der Waals surface area contributed by atoms with E-state index in [0.29, 0.717) is 22.8 Å². The molecule has 30 heavy (non-hydrogen) atoms. The first-order valence-corrected chi connectivity index (χ1v) is 9.72. The van der Waals surface area contributed by atoms with Crippen molar-refractivity contribution in [3.63, 3.8) is 0 Å². The summed E-state index contributed by atoms with van der Waals surface area (Å²) < 4.78 is 25.7. The van der Waals surface area contributed by atoms with Crippen molar-refractivity contribution >= 4 is 17.2 Å². The molecule has 0 bridgehead atoms. The van der Waals surface area contributed by atoms with E-state index in [1.54, 1.807) is 25.1 Å². The minimum absolute atomic E-state index is 0.0172. The number of ether oxygens (including phenoxy) is 1. The van der Waals surface area contributed by atoms with E-state index < -0.39 is 17.2 Å². The number of nitrogens with zero attached hydrogens (tertiary/aromatic N) is 3. The number of carbonyl (C=O) groups excluding carboxylic acids is 1. The molecule has 1 aromatic carbocycles. The van der Waals surface area contributed by atoms with Gasteiger partial charge in [-0.05, 0) is 32.0 Å². The molecule has 0 fully saturated rings. The molecule has 1 amide bonds. The summed E-state index contributed by atoms with van der Waals surface area (Å²) in [4.78, 5) is 20.1. The molecule has 10 heteroatoms. The minimum atomic E-state index is -1.84. The molecule has 1 aliphatic rings. The fourth-order valence-electron chi connectivity index (χ4n) is 2.91. The maximum atomic E-state index is 15.2. The Kier molecular flexibility index (Phi) is 4.60. The number of fused-ring (bicyclic) bond motifs is 3. The Hall–Kier alpha value is -3.29. The van der Waals surface area contributed by atoms with Gasteiger partial charge in [0.1, 0.15) is 12.4 Å². The van der Waals surface area contributed by atoms with Crippen molar-refractivity contribution < 1.29 is 23.6 Å². The van der Waals surface area contributed by atoms with Crippen LogP contribution >= 0.6 is 11.3 Å². The molecule has 0 saturated heterocycles. The Labute approximate surface area is 174 Å². The van der Waals surface area contributed by atoms with Gasteiger partial charge in [-0.3, -0.25) is 4.79 Å². The average molecular weight is 428 g/mol. The van der Waals surface area contributed by atoms with Crippen molar-refractivity contribution in [2.45, 2.75) is 32.0 Å². The Morgan fingerprint density at radius 1 is 1.43 bits per heavy atom. The average Bonchev–Trinajstić information content (AvgIpc) is 3.30. The number of rotatable bonds is 2. The van der Waals surface area contributed by atoms with Crippen molar-refractivity contribution in [2.75, 3.05) is 6.61 Å². The third kappa shape index (κ3) is 3.53. The molecule has 3 heterocycles. The standard InChI is InChI=1S/C20H17FN4O4S/c1-10-23-18(25-29-10)20(3,27)7-6-11-4-5-13-12(8-11)14-15(19(2,21)9-28-13)30-17(24-14)16(22)26/h4-5,8,27H,9H2,1-3H3,(H2,22,26)/t19?,20-/m1/s1. The van der Waals surface area contributed by atoms with Crippen LogP contribution in [-0.4, -0.2) is 32.7 Å². The number of amides is 1. The zero-order valence-electron chi connectivity index (χ0n) is 16.3. The van der Waals surface area contributed by atoms with E-state index in [-0.39, 0.29) is 28.0 Å². The number of aliphatic hydroxyl groups is 1. The first kappa shape index (κ1) is 20.0. The summed E-state index contributed by atoms with van der Waals surface area (Å²) >= 11 is 0.907. The summed E-state index contributed by atoms with van der Waals surface area (Å²) in [6.45, 7) is 4.19.